The van der Waals surface area contributed by atoms with E-state index in [4.69, 9.17) is 4.42 Å². The minimum atomic E-state index is -0.610. The Morgan fingerprint density at radius 2 is 2.00 bits per heavy atom. The molecule has 0 saturated heterocycles. The summed E-state index contributed by atoms with van der Waals surface area (Å²) in [6.07, 6.45) is 0. The third kappa shape index (κ3) is 4.78. The van der Waals surface area contributed by atoms with E-state index >= 15 is 0 Å². The molecule has 7 heteroatoms. The molecule has 2 aromatic rings. The van der Waals surface area contributed by atoms with Crippen LogP contribution in [0.15, 0.2) is 22.6 Å². The standard InChI is InChI=1S/C14H18F2N4O/c1-9(2)6-17-8-13-19-20-14(21-13)18-7-10-3-4-11(15)5-12(10)16/h3-5,9,17H,6-8H2,1-2H3,(H,18,20). The van der Waals surface area contributed by atoms with Gasteiger partial charge in [-0.1, -0.05) is 25.0 Å². The summed E-state index contributed by atoms with van der Waals surface area (Å²) in [6, 6.07) is 3.63. The molecule has 0 atom stereocenters. The SMILES string of the molecule is CC(C)CNCc1nnc(NCc2ccc(F)cc2F)o1. The van der Waals surface area contributed by atoms with Gasteiger partial charge in [-0.05, 0) is 18.5 Å². The van der Waals surface area contributed by atoms with Crippen LogP contribution in [-0.4, -0.2) is 16.7 Å². The van der Waals surface area contributed by atoms with Gasteiger partial charge in [0.05, 0.1) is 6.54 Å². The average Bonchev–Trinajstić information content (AvgIpc) is 2.85. The molecule has 114 valence electrons. The molecule has 1 aromatic carbocycles. The van der Waals surface area contributed by atoms with E-state index in [1.54, 1.807) is 0 Å². The zero-order valence-electron chi connectivity index (χ0n) is 12.0. The maximum absolute atomic E-state index is 13.4. The van der Waals surface area contributed by atoms with Crippen LogP contribution in [0.25, 0.3) is 0 Å². The van der Waals surface area contributed by atoms with Crippen LogP contribution in [0.2, 0.25) is 0 Å². The van der Waals surface area contributed by atoms with E-state index in [1.807, 2.05) is 0 Å². The van der Waals surface area contributed by atoms with Gasteiger partial charge < -0.3 is 15.1 Å². The summed E-state index contributed by atoms with van der Waals surface area (Å²) >= 11 is 0. The lowest BCUT2D eigenvalue weighted by molar-refractivity contribution is 0.458. The fourth-order valence-corrected chi connectivity index (χ4v) is 1.70. The molecule has 0 aliphatic heterocycles. The number of hydrogen-bond donors (Lipinski definition) is 2. The second-order valence-corrected chi connectivity index (χ2v) is 5.11. The van der Waals surface area contributed by atoms with Crippen molar-refractivity contribution in [2.24, 2.45) is 5.92 Å². The molecule has 0 unspecified atom stereocenters. The second-order valence-electron chi connectivity index (χ2n) is 5.11. The lowest BCUT2D eigenvalue weighted by Gasteiger charge is -2.04. The van der Waals surface area contributed by atoms with E-state index in [1.165, 1.54) is 12.1 Å². The van der Waals surface area contributed by atoms with Gasteiger partial charge in [0.15, 0.2) is 0 Å². The fourth-order valence-electron chi connectivity index (χ4n) is 1.70. The van der Waals surface area contributed by atoms with E-state index in [9.17, 15) is 8.78 Å². The average molecular weight is 296 g/mol. The summed E-state index contributed by atoms with van der Waals surface area (Å²) in [7, 11) is 0. The van der Waals surface area contributed by atoms with Gasteiger partial charge in [-0.3, -0.25) is 0 Å². The van der Waals surface area contributed by atoms with Crippen molar-refractivity contribution in [2.75, 3.05) is 11.9 Å². The Labute approximate surface area is 121 Å². The molecule has 0 aliphatic rings. The zero-order chi connectivity index (χ0) is 15.2. The van der Waals surface area contributed by atoms with Crippen molar-refractivity contribution in [3.05, 3.63) is 41.3 Å². The summed E-state index contributed by atoms with van der Waals surface area (Å²) < 4.78 is 31.6. The molecule has 1 heterocycles. The summed E-state index contributed by atoms with van der Waals surface area (Å²) in [6.45, 7) is 5.69. The summed E-state index contributed by atoms with van der Waals surface area (Å²) in [4.78, 5) is 0. The van der Waals surface area contributed by atoms with Crippen molar-refractivity contribution in [3.63, 3.8) is 0 Å². The van der Waals surface area contributed by atoms with Crippen LogP contribution >= 0.6 is 0 Å². The van der Waals surface area contributed by atoms with Gasteiger partial charge in [0, 0.05) is 18.2 Å². The maximum Gasteiger partial charge on any atom is 0.315 e. The van der Waals surface area contributed by atoms with Crippen molar-refractivity contribution in [1.29, 1.82) is 0 Å². The molecule has 21 heavy (non-hydrogen) atoms. The Morgan fingerprint density at radius 3 is 2.71 bits per heavy atom. The van der Waals surface area contributed by atoms with Crippen LogP contribution in [-0.2, 0) is 13.1 Å². The minimum Gasteiger partial charge on any atom is -0.407 e. The van der Waals surface area contributed by atoms with Gasteiger partial charge in [0.2, 0.25) is 5.89 Å². The first-order chi connectivity index (χ1) is 10.0. The summed E-state index contributed by atoms with van der Waals surface area (Å²) in [5.41, 5.74) is 0.328. The normalized spacial score (nSPS) is 11.1. The van der Waals surface area contributed by atoms with Gasteiger partial charge in [-0.15, -0.1) is 5.10 Å². The molecule has 0 fully saturated rings. The zero-order valence-corrected chi connectivity index (χ0v) is 12.0. The number of nitrogens with zero attached hydrogens (tertiary/aromatic N) is 2. The number of anilines is 1. The predicted octanol–water partition coefficient (Wildman–Crippen LogP) is 2.71. The second kappa shape index (κ2) is 7.12. The van der Waals surface area contributed by atoms with Gasteiger partial charge in [0.25, 0.3) is 0 Å². The van der Waals surface area contributed by atoms with E-state index in [0.29, 0.717) is 23.9 Å². The quantitative estimate of drug-likeness (QED) is 0.822. The van der Waals surface area contributed by atoms with Crippen molar-refractivity contribution in [1.82, 2.24) is 15.5 Å². The highest BCUT2D eigenvalue weighted by molar-refractivity contribution is 5.25. The maximum atomic E-state index is 13.4. The Kier molecular flexibility index (Phi) is 5.21. The van der Waals surface area contributed by atoms with E-state index in [2.05, 4.69) is 34.7 Å². The van der Waals surface area contributed by atoms with Crippen LogP contribution in [0.1, 0.15) is 25.3 Å². The van der Waals surface area contributed by atoms with Crippen LogP contribution in [0, 0.1) is 17.6 Å². The first kappa shape index (κ1) is 15.4. The molecule has 2 rings (SSSR count). The Bertz CT molecular complexity index is 586. The fraction of sp³-hybridized carbons (Fsp3) is 0.429. The largest absolute Gasteiger partial charge is 0.407 e. The number of halogens is 2. The highest BCUT2D eigenvalue weighted by atomic mass is 19.1. The number of nitrogens with one attached hydrogen (secondary N) is 2. The topological polar surface area (TPSA) is 63.0 Å². The molecule has 2 N–H and O–H groups in total. The molecule has 0 bridgehead atoms. The molecule has 1 aromatic heterocycles. The molecule has 0 aliphatic carbocycles. The highest BCUT2D eigenvalue weighted by Crippen LogP contribution is 2.12. The molecule has 0 radical (unpaired) electrons. The lowest BCUT2D eigenvalue weighted by atomic mass is 10.2. The number of rotatable bonds is 7. The van der Waals surface area contributed by atoms with Crippen molar-refractivity contribution >= 4 is 6.01 Å². The summed E-state index contributed by atoms with van der Waals surface area (Å²) in [5.74, 6) is -0.224. The van der Waals surface area contributed by atoms with E-state index in [-0.39, 0.29) is 12.6 Å². The number of benzene rings is 1. The van der Waals surface area contributed by atoms with Crippen LogP contribution in [0.3, 0.4) is 0 Å². The number of hydrogen-bond acceptors (Lipinski definition) is 5. The van der Waals surface area contributed by atoms with Gasteiger partial charge >= 0.3 is 6.01 Å². The Balaban J connectivity index is 1.85. The molecular formula is C14H18F2N4O. The first-order valence-electron chi connectivity index (χ1n) is 6.75. The minimum absolute atomic E-state index is 0.146. The molecule has 0 spiro atoms. The third-order valence-corrected chi connectivity index (χ3v) is 2.74. The molecule has 0 saturated carbocycles. The van der Waals surface area contributed by atoms with Gasteiger partial charge in [-0.25, -0.2) is 8.78 Å². The van der Waals surface area contributed by atoms with Crippen LogP contribution in [0.5, 0.6) is 0 Å². The molecule has 5 nitrogen and oxygen atoms in total. The highest BCUT2D eigenvalue weighted by Gasteiger charge is 2.08. The van der Waals surface area contributed by atoms with Crippen LogP contribution in [0.4, 0.5) is 14.8 Å². The number of aromatic nitrogens is 2. The van der Waals surface area contributed by atoms with E-state index in [0.717, 1.165) is 12.6 Å². The van der Waals surface area contributed by atoms with Crippen molar-refractivity contribution < 1.29 is 13.2 Å². The third-order valence-electron chi connectivity index (χ3n) is 2.74. The van der Waals surface area contributed by atoms with Crippen molar-refractivity contribution in [3.8, 4) is 0 Å². The monoisotopic (exact) mass is 296 g/mol. The smallest absolute Gasteiger partial charge is 0.315 e. The molecular weight excluding hydrogens is 278 g/mol. The predicted molar refractivity (Wildman–Crippen MR) is 74.5 cm³/mol. The molecule has 0 amide bonds. The lowest BCUT2D eigenvalue weighted by Crippen LogP contribution is -2.19. The Hall–Kier alpha value is -2.02. The van der Waals surface area contributed by atoms with E-state index < -0.39 is 11.6 Å². The summed E-state index contributed by atoms with van der Waals surface area (Å²) in [5, 5.41) is 13.7. The van der Waals surface area contributed by atoms with Gasteiger partial charge in [0.1, 0.15) is 11.6 Å². The van der Waals surface area contributed by atoms with Gasteiger partial charge in [-0.2, -0.15) is 0 Å². The van der Waals surface area contributed by atoms with Crippen molar-refractivity contribution in [2.45, 2.75) is 26.9 Å². The Morgan fingerprint density at radius 1 is 1.19 bits per heavy atom. The van der Waals surface area contributed by atoms with Crippen LogP contribution < -0.4 is 10.6 Å². The first-order valence-corrected chi connectivity index (χ1v) is 6.75.